The van der Waals surface area contributed by atoms with E-state index in [0.29, 0.717) is 30.5 Å². The lowest BCUT2D eigenvalue weighted by molar-refractivity contribution is -0.139. The second-order valence-electron chi connectivity index (χ2n) is 4.53. The first kappa shape index (κ1) is 15.3. The van der Waals surface area contributed by atoms with E-state index >= 15 is 0 Å². The first-order valence-corrected chi connectivity index (χ1v) is 7.62. The fourth-order valence-corrected chi connectivity index (χ4v) is 2.31. The maximum atomic E-state index is 11.4. The fourth-order valence-electron chi connectivity index (χ4n) is 1.49. The van der Waals surface area contributed by atoms with Crippen LogP contribution >= 0.6 is 11.8 Å². The molecule has 6 heteroatoms. The van der Waals surface area contributed by atoms with Crippen molar-refractivity contribution in [3.63, 3.8) is 0 Å². The van der Waals surface area contributed by atoms with Gasteiger partial charge in [0.25, 0.3) is 0 Å². The van der Waals surface area contributed by atoms with E-state index in [0.717, 1.165) is 19.3 Å². The highest BCUT2D eigenvalue weighted by molar-refractivity contribution is 7.99. The molecule has 3 N–H and O–H groups in total. The van der Waals surface area contributed by atoms with Gasteiger partial charge in [0, 0.05) is 6.04 Å². The first-order valence-electron chi connectivity index (χ1n) is 6.46. The van der Waals surface area contributed by atoms with Crippen LogP contribution in [0.5, 0.6) is 0 Å². The van der Waals surface area contributed by atoms with Crippen LogP contribution in [0, 0.1) is 0 Å². The number of carboxylic acid groups (broad SMARTS) is 1. The van der Waals surface area contributed by atoms with E-state index in [1.54, 1.807) is 0 Å². The number of carbonyl (C=O) groups excluding carboxylic acids is 1. The zero-order valence-electron chi connectivity index (χ0n) is 10.8. The van der Waals surface area contributed by atoms with E-state index in [-0.39, 0.29) is 5.91 Å². The van der Waals surface area contributed by atoms with E-state index in [4.69, 9.17) is 5.11 Å². The third-order valence-electron chi connectivity index (χ3n) is 2.67. The van der Waals surface area contributed by atoms with E-state index in [2.05, 4.69) is 10.6 Å². The lowest BCUT2D eigenvalue weighted by Crippen LogP contribution is -2.37. The number of hydrogen-bond acceptors (Lipinski definition) is 4. The maximum Gasteiger partial charge on any atom is 0.320 e. The monoisotopic (exact) mass is 274 g/mol. The molecule has 1 rings (SSSR count). The van der Waals surface area contributed by atoms with Crippen molar-refractivity contribution in [3.05, 3.63) is 0 Å². The molecule has 5 nitrogen and oxygen atoms in total. The van der Waals surface area contributed by atoms with Crippen LogP contribution < -0.4 is 10.6 Å². The van der Waals surface area contributed by atoms with Gasteiger partial charge in [-0.15, -0.1) is 0 Å². The van der Waals surface area contributed by atoms with Gasteiger partial charge >= 0.3 is 5.97 Å². The highest BCUT2D eigenvalue weighted by Crippen LogP contribution is 2.18. The van der Waals surface area contributed by atoms with Crippen LogP contribution in [0.2, 0.25) is 0 Å². The molecule has 1 unspecified atom stereocenters. The molecule has 1 fully saturated rings. The Hall–Kier alpha value is -0.750. The molecule has 0 spiro atoms. The minimum atomic E-state index is -0.813. The molecule has 0 bridgehead atoms. The maximum absolute atomic E-state index is 11.4. The number of carbonyl (C=O) groups is 2. The average Bonchev–Trinajstić information content (AvgIpc) is 3.11. The molecule has 0 saturated heterocycles. The van der Waals surface area contributed by atoms with Crippen LogP contribution in [-0.4, -0.2) is 47.1 Å². The molecule has 1 aliphatic rings. The van der Waals surface area contributed by atoms with Crippen LogP contribution in [0.4, 0.5) is 0 Å². The number of aliphatic carboxylic acids is 1. The van der Waals surface area contributed by atoms with Crippen LogP contribution in [0.15, 0.2) is 0 Å². The number of thioether (sulfide) groups is 1. The number of hydrogen-bond donors (Lipinski definition) is 3. The number of carboxylic acids is 1. The van der Waals surface area contributed by atoms with Gasteiger partial charge in [0.15, 0.2) is 0 Å². The van der Waals surface area contributed by atoms with Crippen molar-refractivity contribution in [3.8, 4) is 0 Å². The molecular formula is C12H22N2O3S. The van der Waals surface area contributed by atoms with Gasteiger partial charge in [-0.3, -0.25) is 9.59 Å². The van der Waals surface area contributed by atoms with Crippen molar-refractivity contribution in [2.75, 3.05) is 18.1 Å². The molecule has 0 aliphatic heterocycles. The SMILES string of the molecule is CCCNC(CCSCC(=O)NC1CC1)C(=O)O. The van der Waals surface area contributed by atoms with E-state index in [1.165, 1.54) is 11.8 Å². The Kier molecular flexibility index (Phi) is 7.12. The summed E-state index contributed by atoms with van der Waals surface area (Å²) >= 11 is 1.49. The Labute approximate surface area is 112 Å². The van der Waals surface area contributed by atoms with Gasteiger partial charge in [-0.05, 0) is 38.0 Å². The lowest BCUT2D eigenvalue weighted by Gasteiger charge is -2.13. The lowest BCUT2D eigenvalue weighted by atomic mass is 10.2. The summed E-state index contributed by atoms with van der Waals surface area (Å²) in [4.78, 5) is 22.3. The second-order valence-corrected chi connectivity index (χ2v) is 5.63. The van der Waals surface area contributed by atoms with Crippen LogP contribution in [-0.2, 0) is 9.59 Å². The van der Waals surface area contributed by atoms with Crippen molar-refractivity contribution >= 4 is 23.6 Å². The normalized spacial score (nSPS) is 16.3. The van der Waals surface area contributed by atoms with Crippen LogP contribution in [0.3, 0.4) is 0 Å². The van der Waals surface area contributed by atoms with Crippen LogP contribution in [0.1, 0.15) is 32.6 Å². The number of rotatable bonds is 10. The summed E-state index contributed by atoms with van der Waals surface area (Å²) in [6, 6.07) is -0.0972. The van der Waals surface area contributed by atoms with Crippen molar-refractivity contribution in [2.24, 2.45) is 0 Å². The van der Waals surface area contributed by atoms with Gasteiger partial charge in [-0.2, -0.15) is 11.8 Å². The van der Waals surface area contributed by atoms with Gasteiger partial charge < -0.3 is 15.7 Å². The molecule has 1 aliphatic carbocycles. The van der Waals surface area contributed by atoms with Gasteiger partial charge in [-0.1, -0.05) is 6.92 Å². The van der Waals surface area contributed by atoms with Crippen molar-refractivity contribution in [2.45, 2.75) is 44.7 Å². The highest BCUT2D eigenvalue weighted by Gasteiger charge is 2.23. The minimum absolute atomic E-state index is 0.0656. The van der Waals surface area contributed by atoms with Crippen molar-refractivity contribution in [1.82, 2.24) is 10.6 Å². The Balaban J connectivity index is 2.05. The molecule has 0 radical (unpaired) electrons. The summed E-state index contributed by atoms with van der Waals surface area (Å²) < 4.78 is 0. The molecule has 0 heterocycles. The quantitative estimate of drug-likeness (QED) is 0.515. The molecule has 0 aromatic rings. The smallest absolute Gasteiger partial charge is 0.320 e. The first-order chi connectivity index (χ1) is 8.63. The molecule has 18 heavy (non-hydrogen) atoms. The molecule has 104 valence electrons. The third kappa shape index (κ3) is 6.86. The Morgan fingerprint density at radius 3 is 2.72 bits per heavy atom. The average molecular weight is 274 g/mol. The summed E-state index contributed by atoms with van der Waals surface area (Å²) in [5.74, 6) is 0.366. The topological polar surface area (TPSA) is 78.4 Å². The Morgan fingerprint density at radius 1 is 1.44 bits per heavy atom. The zero-order chi connectivity index (χ0) is 13.4. The standard InChI is InChI=1S/C12H22N2O3S/c1-2-6-13-10(12(16)17)5-7-18-8-11(15)14-9-3-4-9/h9-10,13H,2-8H2,1H3,(H,14,15)(H,16,17). The van der Waals surface area contributed by atoms with Crippen LogP contribution in [0.25, 0.3) is 0 Å². The number of nitrogens with one attached hydrogen (secondary N) is 2. The van der Waals surface area contributed by atoms with E-state index < -0.39 is 12.0 Å². The Morgan fingerprint density at radius 2 is 2.17 bits per heavy atom. The summed E-state index contributed by atoms with van der Waals surface area (Å²) in [5, 5.41) is 14.9. The largest absolute Gasteiger partial charge is 0.480 e. The van der Waals surface area contributed by atoms with Crippen molar-refractivity contribution in [1.29, 1.82) is 0 Å². The van der Waals surface area contributed by atoms with Gasteiger partial charge in [0.1, 0.15) is 6.04 Å². The van der Waals surface area contributed by atoms with Gasteiger partial charge in [0.2, 0.25) is 5.91 Å². The molecule has 1 saturated carbocycles. The summed E-state index contributed by atoms with van der Waals surface area (Å²) in [6.07, 6.45) is 3.66. The Bertz CT molecular complexity index is 282. The molecule has 1 amide bonds. The number of amides is 1. The van der Waals surface area contributed by atoms with E-state index in [1.807, 2.05) is 6.92 Å². The fraction of sp³-hybridized carbons (Fsp3) is 0.833. The molecule has 1 atom stereocenters. The summed E-state index contributed by atoms with van der Waals surface area (Å²) in [7, 11) is 0. The predicted octanol–water partition coefficient (Wildman–Crippen LogP) is 0.841. The predicted molar refractivity (Wildman–Crippen MR) is 72.8 cm³/mol. The van der Waals surface area contributed by atoms with Gasteiger partial charge in [-0.25, -0.2) is 0 Å². The summed E-state index contributed by atoms with van der Waals surface area (Å²) in [5.41, 5.74) is 0. The molecular weight excluding hydrogens is 252 g/mol. The molecule has 0 aromatic heterocycles. The van der Waals surface area contributed by atoms with E-state index in [9.17, 15) is 9.59 Å². The second kappa shape index (κ2) is 8.37. The van der Waals surface area contributed by atoms with Gasteiger partial charge in [0.05, 0.1) is 5.75 Å². The highest BCUT2D eigenvalue weighted by atomic mass is 32.2. The molecule has 0 aromatic carbocycles. The third-order valence-corrected chi connectivity index (χ3v) is 3.66. The summed E-state index contributed by atoms with van der Waals surface area (Å²) in [6.45, 7) is 2.71. The van der Waals surface area contributed by atoms with Crippen molar-refractivity contribution < 1.29 is 14.7 Å². The zero-order valence-corrected chi connectivity index (χ0v) is 11.6. The minimum Gasteiger partial charge on any atom is -0.480 e.